The van der Waals surface area contributed by atoms with E-state index in [1.165, 1.54) is 6.20 Å². The van der Waals surface area contributed by atoms with E-state index in [1.54, 1.807) is 36.7 Å². The highest BCUT2D eigenvalue weighted by molar-refractivity contribution is 7.66. The molecule has 42 heavy (non-hydrogen) atoms. The number of phosphoric ester groups is 1. The van der Waals surface area contributed by atoms with Gasteiger partial charge in [-0.25, -0.2) is 18.5 Å². The lowest BCUT2D eigenvalue weighted by Crippen LogP contribution is -2.43. The number of aliphatic hydroxyl groups is 2. The van der Waals surface area contributed by atoms with Gasteiger partial charge in [-0.1, -0.05) is 0 Å². The predicted octanol–water partition coefficient (Wildman–Crippen LogP) is -0.522. The fraction of sp³-hybridized carbons (Fsp3) is 0.300. The van der Waals surface area contributed by atoms with Crippen molar-refractivity contribution in [2.45, 2.75) is 31.1 Å². The number of phosphoric acid groups is 3. The Hall–Kier alpha value is -2.73. The van der Waals surface area contributed by atoms with Gasteiger partial charge < -0.3 is 34.5 Å². The lowest BCUT2D eigenvalue weighted by Gasteiger charge is -2.19. The molecule has 4 rings (SSSR count). The molecule has 0 aromatic carbocycles. The first kappa shape index (κ1) is 32.2. The summed E-state index contributed by atoms with van der Waals surface area (Å²) in [5.74, 6) is 0. The largest absolute Gasteiger partial charge is 0.490 e. The van der Waals surface area contributed by atoms with Crippen LogP contribution in [0.5, 0.6) is 0 Å². The van der Waals surface area contributed by atoms with Gasteiger partial charge >= 0.3 is 29.2 Å². The third-order valence-corrected chi connectivity index (χ3v) is 9.48. The molecule has 0 saturated carbocycles. The zero-order valence-electron chi connectivity index (χ0n) is 20.9. The van der Waals surface area contributed by atoms with Crippen LogP contribution in [0, 0.1) is 0 Å². The summed E-state index contributed by atoms with van der Waals surface area (Å²) in [5, 5.41) is 20.9. The molecule has 6 N–H and O–H groups in total. The van der Waals surface area contributed by atoms with E-state index < -0.39 is 65.9 Å². The van der Waals surface area contributed by atoms with E-state index in [9.17, 15) is 43.3 Å². The number of pyridine rings is 2. The number of rotatable bonds is 11. The molecule has 19 nitrogen and oxygen atoms in total. The van der Waals surface area contributed by atoms with Crippen molar-refractivity contribution in [1.82, 2.24) is 19.1 Å². The average molecular weight is 652 g/mol. The van der Waals surface area contributed by atoms with Gasteiger partial charge in [-0.3, -0.25) is 28.4 Å². The fourth-order valence-corrected chi connectivity index (χ4v) is 6.92. The highest BCUT2D eigenvalue weighted by Gasteiger charge is 2.47. The van der Waals surface area contributed by atoms with Gasteiger partial charge in [-0.2, -0.15) is 8.62 Å². The number of hydrogen-bond acceptors (Lipinski definition) is 13. The molecule has 3 aromatic rings. The topological polar surface area (TPSA) is 279 Å². The van der Waals surface area contributed by atoms with Gasteiger partial charge in [0, 0.05) is 30.9 Å². The zero-order valence-corrected chi connectivity index (χ0v) is 23.6. The van der Waals surface area contributed by atoms with E-state index in [4.69, 9.17) is 14.5 Å². The summed E-state index contributed by atoms with van der Waals surface area (Å²) in [6.45, 7) is -1.36. The molecule has 1 fully saturated rings. The molecule has 0 aliphatic carbocycles. The number of aromatic nitrogens is 4. The number of hydrogen-bond donors (Lipinski definition) is 6. The van der Waals surface area contributed by atoms with Crippen molar-refractivity contribution in [2.24, 2.45) is 0 Å². The van der Waals surface area contributed by atoms with Crippen LogP contribution in [-0.2, 0) is 38.1 Å². The van der Waals surface area contributed by atoms with E-state index in [1.807, 2.05) is 0 Å². The van der Waals surface area contributed by atoms with Crippen LogP contribution in [0.25, 0.3) is 11.1 Å². The van der Waals surface area contributed by atoms with Gasteiger partial charge in [0.25, 0.3) is 5.56 Å². The summed E-state index contributed by atoms with van der Waals surface area (Å²) in [6, 6.07) is 7.88. The van der Waals surface area contributed by atoms with Crippen LogP contribution >= 0.6 is 23.5 Å². The highest BCUT2D eigenvalue weighted by Crippen LogP contribution is 2.66. The van der Waals surface area contributed by atoms with Crippen molar-refractivity contribution in [3.63, 3.8) is 0 Å². The third kappa shape index (κ3) is 8.00. The SMILES string of the molecule is O=c1ccn([C@@H]2O[C@H](COP(=O)(O)OP(=O)(O)OP(=O)(O)O)C(O)C2O)c(=O)n1Cc1cc(-c2ccncc2)ccn1. The van der Waals surface area contributed by atoms with Gasteiger partial charge in [0.2, 0.25) is 0 Å². The molecular weight excluding hydrogens is 629 g/mol. The van der Waals surface area contributed by atoms with Crippen molar-refractivity contribution in [3.05, 3.63) is 81.7 Å². The molecule has 1 aliphatic rings. The summed E-state index contributed by atoms with van der Waals surface area (Å²) in [5.41, 5.74) is 0.199. The van der Waals surface area contributed by atoms with E-state index in [0.29, 0.717) is 5.69 Å². The highest BCUT2D eigenvalue weighted by atomic mass is 31.3. The second kappa shape index (κ2) is 12.5. The Morgan fingerprint density at radius 1 is 0.881 bits per heavy atom. The second-order valence-electron chi connectivity index (χ2n) is 8.63. The molecule has 0 amide bonds. The molecule has 1 aliphatic heterocycles. The maximum Gasteiger partial charge on any atom is 0.490 e. The molecule has 228 valence electrons. The minimum absolute atomic E-state index is 0.279. The molecule has 6 atom stereocenters. The van der Waals surface area contributed by atoms with E-state index in [0.717, 1.165) is 32.5 Å². The van der Waals surface area contributed by atoms with Gasteiger partial charge in [0.15, 0.2) is 6.23 Å². The predicted molar refractivity (Wildman–Crippen MR) is 137 cm³/mol. The Balaban J connectivity index is 1.50. The number of ether oxygens (including phenoxy) is 1. The van der Waals surface area contributed by atoms with E-state index in [2.05, 4.69) is 23.1 Å². The number of nitrogens with zero attached hydrogens (tertiary/aromatic N) is 4. The Morgan fingerprint density at radius 3 is 2.21 bits per heavy atom. The van der Waals surface area contributed by atoms with Gasteiger partial charge in [0.1, 0.15) is 18.3 Å². The maximum atomic E-state index is 13.2. The summed E-state index contributed by atoms with van der Waals surface area (Å²) in [6.07, 6.45) is -1.30. The van der Waals surface area contributed by atoms with Gasteiger partial charge in [-0.05, 0) is 35.4 Å². The summed E-state index contributed by atoms with van der Waals surface area (Å²) >= 11 is 0. The quantitative estimate of drug-likeness (QED) is 0.142. The smallest absolute Gasteiger partial charge is 0.387 e. The molecule has 22 heteroatoms. The van der Waals surface area contributed by atoms with Crippen LogP contribution in [0.2, 0.25) is 0 Å². The second-order valence-corrected chi connectivity index (χ2v) is 13.1. The third-order valence-electron chi connectivity index (χ3n) is 5.68. The molecule has 3 aromatic heterocycles. The van der Waals surface area contributed by atoms with Crippen molar-refractivity contribution in [3.8, 4) is 11.1 Å². The molecule has 1 saturated heterocycles. The molecule has 0 spiro atoms. The zero-order chi connectivity index (χ0) is 30.9. The normalized spacial score (nSPS) is 23.8. The summed E-state index contributed by atoms with van der Waals surface area (Å²) < 4.78 is 52.8. The molecule has 0 bridgehead atoms. The van der Waals surface area contributed by atoms with Crippen LogP contribution in [-0.4, -0.2) is 73.8 Å². The average Bonchev–Trinajstić information content (AvgIpc) is 3.17. The lowest BCUT2D eigenvalue weighted by atomic mass is 10.1. The Kier molecular flexibility index (Phi) is 9.56. The van der Waals surface area contributed by atoms with Crippen LogP contribution in [0.1, 0.15) is 11.9 Å². The van der Waals surface area contributed by atoms with E-state index >= 15 is 0 Å². The Labute approximate surface area is 234 Å². The maximum absolute atomic E-state index is 13.2. The first-order valence-electron chi connectivity index (χ1n) is 11.5. The fourth-order valence-electron chi connectivity index (χ4n) is 3.89. The molecular formula is C20H23N4O15P3. The minimum atomic E-state index is -5.79. The summed E-state index contributed by atoms with van der Waals surface area (Å²) in [4.78, 5) is 70.0. The van der Waals surface area contributed by atoms with Crippen LogP contribution in [0.15, 0.2) is 64.7 Å². The van der Waals surface area contributed by atoms with Crippen molar-refractivity contribution in [2.75, 3.05) is 6.61 Å². The van der Waals surface area contributed by atoms with Crippen molar-refractivity contribution < 1.29 is 61.4 Å². The molecule has 4 unspecified atom stereocenters. The first-order valence-corrected chi connectivity index (χ1v) is 16.0. The van der Waals surface area contributed by atoms with Crippen molar-refractivity contribution in [1.29, 1.82) is 0 Å². The van der Waals surface area contributed by atoms with Crippen molar-refractivity contribution >= 4 is 23.5 Å². The molecule has 4 heterocycles. The van der Waals surface area contributed by atoms with Crippen LogP contribution in [0.3, 0.4) is 0 Å². The minimum Gasteiger partial charge on any atom is -0.387 e. The lowest BCUT2D eigenvalue weighted by molar-refractivity contribution is -0.0547. The molecule has 0 radical (unpaired) electrons. The van der Waals surface area contributed by atoms with Gasteiger partial charge in [-0.15, -0.1) is 0 Å². The van der Waals surface area contributed by atoms with E-state index in [-0.39, 0.29) is 6.54 Å². The Bertz CT molecular complexity index is 1690. The standard InChI is InChI=1S/C20H23N4O15P3/c25-16-4-8-23(20(28)24(16)10-14-9-13(3-7-22-14)12-1-5-21-6-2-12)19-18(27)17(26)15(37-19)11-36-41(32,33)39-42(34,35)38-40(29,30)31/h1-9,15,17-19,26-27H,10-11H2,(H,32,33)(H,34,35)(H2,29,30,31)/t15-,17?,18?,19-/m1/s1. The summed E-state index contributed by atoms with van der Waals surface area (Å²) in [7, 11) is -17.0. The Morgan fingerprint density at radius 2 is 1.55 bits per heavy atom. The monoisotopic (exact) mass is 652 g/mol. The van der Waals surface area contributed by atoms with Gasteiger partial charge in [0.05, 0.1) is 18.8 Å². The van der Waals surface area contributed by atoms with Crippen LogP contribution < -0.4 is 11.2 Å². The number of aliphatic hydroxyl groups excluding tert-OH is 2. The van der Waals surface area contributed by atoms with Crippen LogP contribution in [0.4, 0.5) is 0 Å². The first-order chi connectivity index (χ1) is 19.6.